The number of aryl methyl sites for hydroxylation is 2. The van der Waals surface area contributed by atoms with Gasteiger partial charge in [0.05, 0.1) is 11.3 Å². The number of para-hydroxylation sites is 1. The monoisotopic (exact) mass is 293 g/mol. The molecule has 4 heteroatoms. The van der Waals surface area contributed by atoms with Gasteiger partial charge in [-0.2, -0.15) is 5.26 Å². The van der Waals surface area contributed by atoms with E-state index in [1.807, 2.05) is 19.1 Å². The van der Waals surface area contributed by atoms with E-state index >= 15 is 0 Å². The summed E-state index contributed by atoms with van der Waals surface area (Å²) in [5, 5.41) is 15.0. The predicted octanol–water partition coefficient (Wildman–Crippen LogP) is 3.62. The molecule has 0 aliphatic heterocycles. The first kappa shape index (κ1) is 15.6. The van der Waals surface area contributed by atoms with E-state index < -0.39 is 0 Å². The molecule has 0 saturated heterocycles. The van der Waals surface area contributed by atoms with Crippen LogP contribution in [0.15, 0.2) is 42.5 Å². The minimum atomic E-state index is -0.111. The summed E-state index contributed by atoms with van der Waals surface area (Å²) in [4.78, 5) is 11.9. The van der Waals surface area contributed by atoms with Crippen molar-refractivity contribution < 1.29 is 4.79 Å². The van der Waals surface area contributed by atoms with E-state index in [0.717, 1.165) is 11.3 Å². The summed E-state index contributed by atoms with van der Waals surface area (Å²) in [6.45, 7) is 4.64. The van der Waals surface area contributed by atoms with Crippen LogP contribution in [0.4, 0.5) is 11.4 Å². The fraction of sp³-hybridized carbons (Fsp3) is 0.222. The second-order valence-corrected chi connectivity index (χ2v) is 5.20. The number of hydrogen-bond acceptors (Lipinski definition) is 3. The Kier molecular flexibility index (Phi) is 5.16. The molecule has 0 unspecified atom stereocenters. The van der Waals surface area contributed by atoms with Gasteiger partial charge in [-0.25, -0.2) is 0 Å². The first-order valence-corrected chi connectivity index (χ1v) is 7.20. The summed E-state index contributed by atoms with van der Waals surface area (Å²) >= 11 is 0. The molecule has 2 aromatic carbocycles. The van der Waals surface area contributed by atoms with Crippen molar-refractivity contribution in [1.29, 1.82) is 5.26 Å². The summed E-state index contributed by atoms with van der Waals surface area (Å²) < 4.78 is 0. The van der Waals surface area contributed by atoms with Crippen LogP contribution in [0.25, 0.3) is 0 Å². The lowest BCUT2D eigenvalue weighted by Gasteiger charge is -2.11. The van der Waals surface area contributed by atoms with E-state index in [-0.39, 0.29) is 5.91 Å². The zero-order chi connectivity index (χ0) is 15.9. The number of benzene rings is 2. The third kappa shape index (κ3) is 4.10. The molecular formula is C18H19N3O. The van der Waals surface area contributed by atoms with Crippen molar-refractivity contribution in [1.82, 2.24) is 0 Å². The summed E-state index contributed by atoms with van der Waals surface area (Å²) in [6.07, 6.45) is 0.340. The Morgan fingerprint density at radius 3 is 2.64 bits per heavy atom. The normalized spacial score (nSPS) is 9.86. The Morgan fingerprint density at radius 2 is 1.91 bits per heavy atom. The second kappa shape index (κ2) is 7.28. The van der Waals surface area contributed by atoms with E-state index in [9.17, 15) is 4.79 Å². The largest absolute Gasteiger partial charge is 0.384 e. The van der Waals surface area contributed by atoms with Crippen molar-refractivity contribution in [3.63, 3.8) is 0 Å². The van der Waals surface area contributed by atoms with Crippen molar-refractivity contribution in [2.45, 2.75) is 20.3 Å². The molecule has 0 aliphatic rings. The van der Waals surface area contributed by atoms with Crippen LogP contribution in [0.1, 0.15) is 23.1 Å². The molecule has 0 atom stereocenters. The number of hydrogen-bond donors (Lipinski definition) is 2. The lowest BCUT2D eigenvalue weighted by molar-refractivity contribution is -0.115. The molecule has 0 aromatic heterocycles. The maximum absolute atomic E-state index is 11.9. The minimum absolute atomic E-state index is 0.111. The van der Waals surface area contributed by atoms with Crippen LogP contribution < -0.4 is 10.6 Å². The molecule has 0 radical (unpaired) electrons. The van der Waals surface area contributed by atoms with Crippen LogP contribution in [0, 0.1) is 25.2 Å². The van der Waals surface area contributed by atoms with Gasteiger partial charge < -0.3 is 10.6 Å². The summed E-state index contributed by atoms with van der Waals surface area (Å²) in [5.74, 6) is -0.111. The molecule has 2 aromatic rings. The molecule has 0 saturated carbocycles. The van der Waals surface area contributed by atoms with Crippen LogP contribution in [0.3, 0.4) is 0 Å². The number of nitrogens with zero attached hydrogens (tertiary/aromatic N) is 1. The number of nitriles is 1. The summed E-state index contributed by atoms with van der Waals surface area (Å²) in [7, 11) is 0. The zero-order valence-electron chi connectivity index (χ0n) is 12.8. The van der Waals surface area contributed by atoms with Gasteiger partial charge in [0, 0.05) is 18.7 Å². The molecule has 0 bridgehead atoms. The van der Waals surface area contributed by atoms with Crippen molar-refractivity contribution in [2.24, 2.45) is 0 Å². The Balaban J connectivity index is 1.87. The smallest absolute Gasteiger partial charge is 0.226 e. The third-order valence-corrected chi connectivity index (χ3v) is 3.37. The molecule has 0 aliphatic carbocycles. The van der Waals surface area contributed by atoms with Crippen LogP contribution >= 0.6 is 0 Å². The first-order valence-electron chi connectivity index (χ1n) is 7.20. The lowest BCUT2D eigenvalue weighted by Crippen LogP contribution is -2.17. The first-order chi connectivity index (χ1) is 10.6. The van der Waals surface area contributed by atoms with Gasteiger partial charge in [0.15, 0.2) is 0 Å². The molecular weight excluding hydrogens is 274 g/mol. The van der Waals surface area contributed by atoms with Gasteiger partial charge in [-0.3, -0.25) is 4.79 Å². The molecule has 0 fully saturated rings. The Labute approximate surface area is 130 Å². The van der Waals surface area contributed by atoms with E-state index in [4.69, 9.17) is 5.26 Å². The molecule has 0 spiro atoms. The standard InChI is InChI=1S/C18H19N3O/c1-13-7-8-16(14(2)11-13)20-10-9-18(22)21-17-6-4-3-5-15(17)12-19/h3-8,11,20H,9-10H2,1-2H3,(H,21,22). The topological polar surface area (TPSA) is 64.9 Å². The summed E-state index contributed by atoms with van der Waals surface area (Å²) in [5.41, 5.74) is 4.44. The maximum atomic E-state index is 11.9. The van der Waals surface area contributed by atoms with Crippen LogP contribution in [-0.2, 0) is 4.79 Å². The highest BCUT2D eigenvalue weighted by Crippen LogP contribution is 2.16. The zero-order valence-corrected chi connectivity index (χ0v) is 12.8. The average molecular weight is 293 g/mol. The molecule has 0 heterocycles. The molecule has 2 rings (SSSR count). The number of amides is 1. The predicted molar refractivity (Wildman–Crippen MR) is 88.8 cm³/mol. The second-order valence-electron chi connectivity index (χ2n) is 5.20. The van der Waals surface area contributed by atoms with E-state index in [2.05, 4.69) is 29.7 Å². The van der Waals surface area contributed by atoms with Gasteiger partial charge in [0.2, 0.25) is 5.91 Å². The number of anilines is 2. The number of carbonyl (C=O) groups excluding carboxylic acids is 1. The van der Waals surface area contributed by atoms with E-state index in [1.165, 1.54) is 5.56 Å². The summed E-state index contributed by atoms with van der Waals surface area (Å²) in [6, 6.07) is 15.2. The molecule has 1 amide bonds. The van der Waals surface area contributed by atoms with Crippen LogP contribution in [-0.4, -0.2) is 12.5 Å². The number of rotatable bonds is 5. The van der Waals surface area contributed by atoms with Crippen molar-refractivity contribution >= 4 is 17.3 Å². The Morgan fingerprint density at radius 1 is 1.14 bits per heavy atom. The van der Waals surface area contributed by atoms with Gasteiger partial charge in [-0.15, -0.1) is 0 Å². The van der Waals surface area contributed by atoms with E-state index in [1.54, 1.807) is 24.3 Å². The van der Waals surface area contributed by atoms with Gasteiger partial charge in [0.1, 0.15) is 6.07 Å². The van der Waals surface area contributed by atoms with Crippen molar-refractivity contribution in [3.8, 4) is 6.07 Å². The minimum Gasteiger partial charge on any atom is -0.384 e. The third-order valence-electron chi connectivity index (χ3n) is 3.37. The van der Waals surface area contributed by atoms with E-state index in [0.29, 0.717) is 24.2 Å². The van der Waals surface area contributed by atoms with Gasteiger partial charge in [-0.05, 0) is 37.6 Å². The molecule has 4 nitrogen and oxygen atoms in total. The number of nitrogens with one attached hydrogen (secondary N) is 2. The fourth-order valence-electron chi connectivity index (χ4n) is 2.22. The number of carbonyl (C=O) groups is 1. The average Bonchev–Trinajstić information content (AvgIpc) is 2.50. The maximum Gasteiger partial charge on any atom is 0.226 e. The van der Waals surface area contributed by atoms with Gasteiger partial charge in [-0.1, -0.05) is 29.8 Å². The van der Waals surface area contributed by atoms with Crippen LogP contribution in [0.2, 0.25) is 0 Å². The Hall–Kier alpha value is -2.80. The molecule has 2 N–H and O–H groups in total. The fourth-order valence-corrected chi connectivity index (χ4v) is 2.22. The van der Waals surface area contributed by atoms with Crippen LogP contribution in [0.5, 0.6) is 0 Å². The molecule has 112 valence electrons. The van der Waals surface area contributed by atoms with Crippen molar-refractivity contribution in [2.75, 3.05) is 17.2 Å². The molecule has 22 heavy (non-hydrogen) atoms. The van der Waals surface area contributed by atoms with Gasteiger partial charge >= 0.3 is 0 Å². The highest BCUT2D eigenvalue weighted by atomic mass is 16.1. The highest BCUT2D eigenvalue weighted by molar-refractivity contribution is 5.92. The quantitative estimate of drug-likeness (QED) is 0.885. The van der Waals surface area contributed by atoms with Crippen molar-refractivity contribution in [3.05, 3.63) is 59.2 Å². The lowest BCUT2D eigenvalue weighted by atomic mass is 10.1. The van der Waals surface area contributed by atoms with Gasteiger partial charge in [0.25, 0.3) is 0 Å². The highest BCUT2D eigenvalue weighted by Gasteiger charge is 2.06. The SMILES string of the molecule is Cc1ccc(NCCC(=O)Nc2ccccc2C#N)c(C)c1. The Bertz CT molecular complexity index is 717.